The van der Waals surface area contributed by atoms with E-state index in [1.807, 2.05) is 7.05 Å². The van der Waals surface area contributed by atoms with Crippen LogP contribution in [0.15, 0.2) is 28.7 Å². The third-order valence-electron chi connectivity index (χ3n) is 9.71. The molecule has 3 aliphatic carbocycles. The Morgan fingerprint density at radius 1 is 1.18 bits per heavy atom. The van der Waals surface area contributed by atoms with Crippen LogP contribution >= 0.6 is 0 Å². The average Bonchev–Trinajstić information content (AvgIpc) is 3.21. The summed E-state index contributed by atoms with van der Waals surface area (Å²) in [5.74, 6) is -5.98. The summed E-state index contributed by atoms with van der Waals surface area (Å²) in [4.78, 5) is 45.5. The molecule has 1 aromatic carbocycles. The number of benzene rings is 1. The molecule has 1 aromatic rings. The van der Waals surface area contributed by atoms with Crippen LogP contribution in [0.1, 0.15) is 40.4 Å². The maximum atomic E-state index is 14.0. The number of fused-ring (bicyclic) bond motifs is 7. The smallest absolute Gasteiger partial charge is 0.255 e. The van der Waals surface area contributed by atoms with Crippen LogP contribution in [0.2, 0.25) is 0 Å². The number of carbonyl (C=O) groups is 3. The standard InChI is InChI=1S/C28H34N4O7/c1-30(2)22-15-8-12-7-13-18(16(33)9-14-20-11(5-6-31(20)3)10-32(4)21(13)14)23(34)17(12)25(36)28(15,39)26(37)19(24(22)35)27(29)38/h9,11-12,15,20,22,33,35-36,39H,5-8,10H2,1-4H3,(H2,29,38)/t11?,12-,15-,20?,22-,28+/m1/s1. The number of primary amides is 1. The molecule has 0 bridgehead atoms. The number of carbonyl (C=O) groups excluding carboxylic acids is 3. The number of nitrogens with two attached hydrogens (primary N) is 1. The van der Waals surface area contributed by atoms with E-state index in [-0.39, 0.29) is 35.8 Å². The van der Waals surface area contributed by atoms with E-state index in [4.69, 9.17) is 5.73 Å². The van der Waals surface area contributed by atoms with Gasteiger partial charge in [0.1, 0.15) is 22.8 Å². The molecule has 0 aromatic heterocycles. The number of likely N-dealkylation sites (tertiary alicyclic amines) is 1. The number of hydrogen-bond acceptors (Lipinski definition) is 10. The molecule has 11 nitrogen and oxygen atoms in total. The summed E-state index contributed by atoms with van der Waals surface area (Å²) in [6.45, 7) is 1.74. The number of nitrogens with zero attached hydrogens (tertiary/aromatic N) is 3. The molecule has 0 radical (unpaired) electrons. The molecular formula is C28H34N4O7. The zero-order chi connectivity index (χ0) is 28.3. The van der Waals surface area contributed by atoms with Crippen LogP contribution in [0, 0.1) is 17.8 Å². The van der Waals surface area contributed by atoms with Gasteiger partial charge < -0.3 is 31.1 Å². The minimum atomic E-state index is -2.63. The van der Waals surface area contributed by atoms with Gasteiger partial charge in [0.25, 0.3) is 5.91 Å². The number of aliphatic hydroxyl groups excluding tert-OH is 2. The molecule has 2 unspecified atom stereocenters. The quantitative estimate of drug-likeness (QED) is 0.336. The van der Waals surface area contributed by atoms with Gasteiger partial charge in [-0.25, -0.2) is 0 Å². The Morgan fingerprint density at radius 3 is 2.51 bits per heavy atom. The Labute approximate surface area is 225 Å². The highest BCUT2D eigenvalue weighted by Crippen LogP contribution is 2.55. The molecule has 0 spiro atoms. The SMILES string of the molecule is CN1CC2CCN(C)C2c2cc(O)c3c(c21)C[C@@H]1C[C@@H]2[C@@H](N(C)C)C(O)=C(C(N)=O)C(=O)[C@@]2(O)C(O)=C1C3=O. The summed E-state index contributed by atoms with van der Waals surface area (Å²) in [6.07, 6.45) is 1.40. The number of phenols is 1. The Bertz CT molecular complexity index is 1410. The van der Waals surface area contributed by atoms with Crippen LogP contribution in [-0.4, -0.2) is 101 Å². The molecule has 6 rings (SSSR count). The monoisotopic (exact) mass is 538 g/mol. The van der Waals surface area contributed by atoms with Crippen molar-refractivity contribution in [1.29, 1.82) is 0 Å². The first-order valence-electron chi connectivity index (χ1n) is 13.3. The van der Waals surface area contributed by atoms with Gasteiger partial charge in [-0.05, 0) is 76.0 Å². The third kappa shape index (κ3) is 3.17. The van der Waals surface area contributed by atoms with Crippen molar-refractivity contribution < 1.29 is 34.8 Å². The van der Waals surface area contributed by atoms with Gasteiger partial charge in [-0.2, -0.15) is 0 Å². The number of amides is 1. The lowest BCUT2D eigenvalue weighted by Crippen LogP contribution is -2.63. The Kier molecular flexibility index (Phi) is 5.50. The van der Waals surface area contributed by atoms with E-state index in [1.54, 1.807) is 25.1 Å². The highest BCUT2D eigenvalue weighted by atomic mass is 16.3. The summed E-state index contributed by atoms with van der Waals surface area (Å²) in [7, 11) is 7.27. The van der Waals surface area contributed by atoms with Crippen LogP contribution in [0.25, 0.3) is 0 Å². The average molecular weight is 539 g/mol. The lowest BCUT2D eigenvalue weighted by atomic mass is 9.58. The van der Waals surface area contributed by atoms with Crippen LogP contribution in [0.3, 0.4) is 0 Å². The van der Waals surface area contributed by atoms with Crippen molar-refractivity contribution in [2.24, 2.45) is 23.5 Å². The Morgan fingerprint density at radius 2 is 1.87 bits per heavy atom. The van der Waals surface area contributed by atoms with Gasteiger partial charge in [0.05, 0.1) is 11.6 Å². The molecule has 39 heavy (non-hydrogen) atoms. The van der Waals surface area contributed by atoms with Crippen molar-refractivity contribution in [3.8, 4) is 5.75 Å². The van der Waals surface area contributed by atoms with Gasteiger partial charge >= 0.3 is 0 Å². The first kappa shape index (κ1) is 25.8. The minimum Gasteiger partial charge on any atom is -0.510 e. The molecule has 2 aliphatic heterocycles. The molecule has 2 heterocycles. The fourth-order valence-electron chi connectivity index (χ4n) is 8.17. The molecule has 1 saturated heterocycles. The molecule has 11 heteroatoms. The van der Waals surface area contributed by atoms with Gasteiger partial charge in [-0.15, -0.1) is 0 Å². The van der Waals surface area contributed by atoms with Gasteiger partial charge in [0.2, 0.25) is 5.78 Å². The Balaban J connectivity index is 1.55. The van der Waals surface area contributed by atoms with Gasteiger partial charge in [0.15, 0.2) is 11.4 Å². The minimum absolute atomic E-state index is 0.0560. The number of Topliss-reactive ketones (excluding diaryl/α,β-unsaturated/α-hetero) is 2. The third-order valence-corrected chi connectivity index (χ3v) is 9.71. The second-order valence-electron chi connectivity index (χ2n) is 12.0. The first-order valence-corrected chi connectivity index (χ1v) is 13.3. The topological polar surface area (TPSA) is 168 Å². The zero-order valence-electron chi connectivity index (χ0n) is 22.4. The number of likely N-dealkylation sites (N-methyl/N-ethyl adjacent to an activating group) is 1. The van der Waals surface area contributed by atoms with Gasteiger partial charge in [0, 0.05) is 36.8 Å². The molecule has 0 saturated carbocycles. The first-order chi connectivity index (χ1) is 18.3. The fourth-order valence-corrected chi connectivity index (χ4v) is 8.17. The Hall–Kier alpha value is -3.41. The fraction of sp³-hybridized carbons (Fsp3) is 0.536. The molecule has 1 fully saturated rings. The second-order valence-corrected chi connectivity index (χ2v) is 12.0. The molecule has 6 atom stereocenters. The summed E-state index contributed by atoms with van der Waals surface area (Å²) in [5.41, 5.74) is 4.41. The maximum absolute atomic E-state index is 14.0. The summed E-state index contributed by atoms with van der Waals surface area (Å²) in [5, 5.41) is 45.3. The number of rotatable bonds is 2. The largest absolute Gasteiger partial charge is 0.510 e. The lowest BCUT2D eigenvalue weighted by molar-refractivity contribution is -0.148. The molecule has 1 amide bonds. The number of phenolic OH excluding ortho intramolecular Hbond substituents is 1. The molecule has 5 aliphatic rings. The van der Waals surface area contributed by atoms with Crippen LogP contribution in [-0.2, 0) is 16.0 Å². The normalized spacial score (nSPS) is 34.1. The van der Waals surface area contributed by atoms with Crippen LogP contribution in [0.4, 0.5) is 5.69 Å². The maximum Gasteiger partial charge on any atom is 0.255 e. The van der Waals surface area contributed by atoms with Crippen molar-refractivity contribution in [2.75, 3.05) is 46.2 Å². The van der Waals surface area contributed by atoms with Crippen LogP contribution in [0.5, 0.6) is 5.75 Å². The van der Waals surface area contributed by atoms with Crippen molar-refractivity contribution in [3.05, 3.63) is 45.4 Å². The van der Waals surface area contributed by atoms with E-state index in [2.05, 4.69) is 16.8 Å². The van der Waals surface area contributed by atoms with E-state index in [0.29, 0.717) is 11.5 Å². The number of aromatic hydroxyl groups is 1. The molecule has 6 N–H and O–H groups in total. The highest BCUT2D eigenvalue weighted by Gasteiger charge is 2.63. The van der Waals surface area contributed by atoms with E-state index in [1.165, 1.54) is 0 Å². The second kappa shape index (κ2) is 8.30. The predicted molar refractivity (Wildman–Crippen MR) is 140 cm³/mol. The highest BCUT2D eigenvalue weighted by molar-refractivity contribution is 6.25. The van der Waals surface area contributed by atoms with Crippen molar-refractivity contribution >= 4 is 23.2 Å². The van der Waals surface area contributed by atoms with Gasteiger partial charge in [-0.3, -0.25) is 24.2 Å². The van der Waals surface area contributed by atoms with Crippen molar-refractivity contribution in [1.82, 2.24) is 9.80 Å². The summed E-state index contributed by atoms with van der Waals surface area (Å²) in [6, 6.07) is 0.746. The summed E-state index contributed by atoms with van der Waals surface area (Å²) < 4.78 is 0. The molecule has 208 valence electrons. The number of hydrogen-bond donors (Lipinski definition) is 5. The van der Waals surface area contributed by atoms with Crippen LogP contribution < -0.4 is 10.6 Å². The predicted octanol–water partition coefficient (Wildman–Crippen LogP) is 0.563. The van der Waals surface area contributed by atoms with Crippen molar-refractivity contribution in [3.63, 3.8) is 0 Å². The zero-order valence-corrected chi connectivity index (χ0v) is 22.4. The van der Waals surface area contributed by atoms with E-state index < -0.39 is 58.0 Å². The number of anilines is 1. The number of allylic oxidation sites excluding steroid dienone is 1. The number of ketones is 2. The lowest BCUT2D eigenvalue weighted by Gasteiger charge is -2.50. The summed E-state index contributed by atoms with van der Waals surface area (Å²) >= 11 is 0. The van der Waals surface area contributed by atoms with Gasteiger partial charge in [-0.1, -0.05) is 0 Å². The van der Waals surface area contributed by atoms with E-state index >= 15 is 0 Å². The number of aliphatic hydroxyl groups is 3. The van der Waals surface area contributed by atoms with E-state index in [9.17, 15) is 34.8 Å². The van der Waals surface area contributed by atoms with E-state index in [0.717, 1.165) is 30.8 Å². The van der Waals surface area contributed by atoms with Crippen molar-refractivity contribution in [2.45, 2.75) is 36.9 Å². The molecular weight excluding hydrogens is 504 g/mol.